The Kier molecular flexibility index (Phi) is 3.99. The van der Waals surface area contributed by atoms with Crippen LogP contribution in [0.1, 0.15) is 13.3 Å². The highest BCUT2D eigenvalue weighted by Crippen LogP contribution is 2.49. The lowest BCUT2D eigenvalue weighted by molar-refractivity contribution is 0.308. The highest BCUT2D eigenvalue weighted by molar-refractivity contribution is 7.86. The maximum absolute atomic E-state index is 12.1. The first-order valence-electron chi connectivity index (χ1n) is 6.79. The molecule has 0 aliphatic carbocycles. The van der Waals surface area contributed by atoms with Gasteiger partial charge in [0.1, 0.15) is 11.4 Å². The molecule has 5 nitrogen and oxygen atoms in total. The van der Waals surface area contributed by atoms with Crippen LogP contribution in [-0.4, -0.2) is 14.2 Å². The monoisotopic (exact) mass is 339 g/mol. The lowest BCUT2D eigenvalue weighted by Crippen LogP contribution is -2.26. The molecule has 1 aliphatic heterocycles. The Labute approximate surface area is 134 Å². The van der Waals surface area contributed by atoms with Gasteiger partial charge in [-0.15, -0.1) is 4.28 Å². The molecule has 0 atom stereocenters. The molecule has 0 radical (unpaired) electrons. The summed E-state index contributed by atoms with van der Waals surface area (Å²) in [6.07, 6.45) is 0.469. The predicted molar refractivity (Wildman–Crippen MR) is 85.3 cm³/mol. The van der Waals surface area contributed by atoms with Gasteiger partial charge in [-0.25, -0.2) is 0 Å². The third-order valence-electron chi connectivity index (χ3n) is 3.10. The van der Waals surface area contributed by atoms with E-state index in [2.05, 4.69) is 0 Å². The number of hydrogen-bond acceptors (Lipinski definition) is 5. The zero-order valence-corrected chi connectivity index (χ0v) is 13.4. The van der Waals surface area contributed by atoms with Crippen molar-refractivity contribution in [3.8, 4) is 11.5 Å². The number of benzene rings is 2. The van der Waals surface area contributed by atoms with Gasteiger partial charge < -0.3 is 4.74 Å². The van der Waals surface area contributed by atoms with E-state index in [1.165, 1.54) is 5.06 Å². The predicted octanol–water partition coefficient (Wildman–Crippen LogP) is 4.26. The van der Waals surface area contributed by atoms with Crippen LogP contribution in [-0.2, 0) is 14.4 Å². The summed E-state index contributed by atoms with van der Waals surface area (Å²) < 4.78 is 35.2. The number of halogens is 1. The zero-order valence-electron chi connectivity index (χ0n) is 11.8. The Hall–Kier alpha value is -1.76. The molecule has 116 valence electrons. The third kappa shape index (κ3) is 2.77. The summed E-state index contributed by atoms with van der Waals surface area (Å²) >= 11 is 6.15. The summed E-state index contributed by atoms with van der Waals surface area (Å²) in [4.78, 5) is 0. The molecule has 0 saturated carbocycles. The van der Waals surface area contributed by atoms with E-state index in [-0.39, 0.29) is 5.75 Å². The molecule has 0 N–H and O–H groups in total. The Morgan fingerprint density at radius 2 is 1.86 bits per heavy atom. The summed E-state index contributed by atoms with van der Waals surface area (Å²) in [6.45, 7) is 1.78. The minimum Gasteiger partial charge on any atom is -0.451 e. The van der Waals surface area contributed by atoms with E-state index in [0.717, 1.165) is 0 Å². The van der Waals surface area contributed by atoms with Gasteiger partial charge in [0.25, 0.3) is 10.1 Å². The second-order valence-corrected chi connectivity index (χ2v) is 6.87. The Morgan fingerprint density at radius 3 is 2.64 bits per heavy atom. The van der Waals surface area contributed by atoms with Crippen LogP contribution >= 0.6 is 11.6 Å². The minimum atomic E-state index is -3.70. The molecule has 0 fully saturated rings. The van der Waals surface area contributed by atoms with E-state index in [1.807, 2.05) is 0 Å². The molecule has 0 unspecified atom stereocenters. The highest BCUT2D eigenvalue weighted by Gasteiger charge is 2.30. The van der Waals surface area contributed by atoms with E-state index >= 15 is 0 Å². The molecular formula is C15H14ClNO4S. The van der Waals surface area contributed by atoms with Crippen molar-refractivity contribution in [3.63, 3.8) is 0 Å². The van der Waals surface area contributed by atoms with Crippen LogP contribution in [0.25, 0.3) is 0 Å². The SMILES string of the molecule is CCCS(=O)(=O)ON1c2ccccc2Oc2c(Cl)cccc21. The van der Waals surface area contributed by atoms with Crippen LogP contribution in [0, 0.1) is 0 Å². The molecule has 7 heteroatoms. The second-order valence-electron chi connectivity index (χ2n) is 4.79. The fraction of sp³-hybridized carbons (Fsp3) is 0.200. The first-order chi connectivity index (χ1) is 10.5. The number of nitrogens with zero attached hydrogens (tertiary/aromatic N) is 1. The smallest absolute Gasteiger partial charge is 0.288 e. The summed E-state index contributed by atoms with van der Waals surface area (Å²) in [6, 6.07) is 12.1. The molecule has 22 heavy (non-hydrogen) atoms. The van der Waals surface area contributed by atoms with Gasteiger partial charge in [-0.3, -0.25) is 0 Å². The largest absolute Gasteiger partial charge is 0.451 e. The number of hydrogen-bond donors (Lipinski definition) is 0. The lowest BCUT2D eigenvalue weighted by Gasteiger charge is -2.30. The first kappa shape index (κ1) is 15.1. The molecule has 0 saturated heterocycles. The van der Waals surface area contributed by atoms with Crippen molar-refractivity contribution in [3.05, 3.63) is 47.5 Å². The van der Waals surface area contributed by atoms with Gasteiger partial charge in [-0.05, 0) is 30.7 Å². The van der Waals surface area contributed by atoms with Crippen LogP contribution in [0.15, 0.2) is 42.5 Å². The summed E-state index contributed by atoms with van der Waals surface area (Å²) in [5, 5.41) is 1.64. The standard InChI is InChI=1S/C15H14ClNO4S/c1-2-10-22(18,19)21-17-12-7-3-4-9-14(12)20-15-11(16)6-5-8-13(15)17/h3-9H,2,10H2,1H3. The fourth-order valence-corrected chi connectivity index (χ4v) is 3.36. The molecule has 1 aliphatic rings. The molecule has 2 aromatic rings. The molecule has 0 spiro atoms. The fourth-order valence-electron chi connectivity index (χ4n) is 2.19. The number of ether oxygens (including phenoxy) is 1. The summed E-state index contributed by atoms with van der Waals surface area (Å²) in [5.41, 5.74) is 0.961. The van der Waals surface area contributed by atoms with Gasteiger partial charge in [-0.2, -0.15) is 13.5 Å². The van der Waals surface area contributed by atoms with Crippen molar-refractivity contribution in [2.45, 2.75) is 13.3 Å². The van der Waals surface area contributed by atoms with Gasteiger partial charge in [0, 0.05) is 0 Å². The van der Waals surface area contributed by atoms with Gasteiger partial charge in [-0.1, -0.05) is 36.7 Å². The Bertz CT molecular complexity index is 807. The van der Waals surface area contributed by atoms with Crippen molar-refractivity contribution in [2.75, 3.05) is 10.8 Å². The van der Waals surface area contributed by atoms with Crippen molar-refractivity contribution in [1.29, 1.82) is 0 Å². The van der Waals surface area contributed by atoms with Crippen LogP contribution in [0.3, 0.4) is 0 Å². The van der Waals surface area contributed by atoms with Gasteiger partial charge in [0.2, 0.25) is 0 Å². The maximum atomic E-state index is 12.1. The van der Waals surface area contributed by atoms with Crippen LogP contribution in [0.2, 0.25) is 5.02 Å². The van der Waals surface area contributed by atoms with Gasteiger partial charge >= 0.3 is 0 Å². The highest BCUT2D eigenvalue weighted by atomic mass is 35.5. The second kappa shape index (κ2) is 5.79. The molecule has 1 heterocycles. The van der Waals surface area contributed by atoms with E-state index in [0.29, 0.717) is 34.3 Å². The van der Waals surface area contributed by atoms with Crippen LogP contribution < -0.4 is 9.80 Å². The molecule has 2 aromatic carbocycles. The quantitative estimate of drug-likeness (QED) is 0.833. The average molecular weight is 340 g/mol. The maximum Gasteiger partial charge on any atom is 0.288 e. The van der Waals surface area contributed by atoms with Crippen LogP contribution in [0.4, 0.5) is 11.4 Å². The minimum absolute atomic E-state index is 0.0670. The number of rotatable bonds is 4. The van der Waals surface area contributed by atoms with E-state index in [9.17, 15) is 8.42 Å². The topological polar surface area (TPSA) is 55.8 Å². The average Bonchev–Trinajstić information content (AvgIpc) is 2.48. The van der Waals surface area contributed by atoms with Crippen LogP contribution in [0.5, 0.6) is 11.5 Å². The van der Waals surface area contributed by atoms with Gasteiger partial charge in [0.15, 0.2) is 11.5 Å². The van der Waals surface area contributed by atoms with Crippen molar-refractivity contribution < 1.29 is 17.4 Å². The number of para-hydroxylation sites is 3. The summed E-state index contributed by atoms with van der Waals surface area (Å²) in [7, 11) is -3.70. The van der Waals surface area contributed by atoms with E-state index in [4.69, 9.17) is 20.6 Å². The molecular weight excluding hydrogens is 326 g/mol. The van der Waals surface area contributed by atoms with Crippen molar-refractivity contribution in [2.24, 2.45) is 0 Å². The van der Waals surface area contributed by atoms with Crippen molar-refractivity contribution >= 4 is 33.1 Å². The first-order valence-corrected chi connectivity index (χ1v) is 8.75. The van der Waals surface area contributed by atoms with E-state index < -0.39 is 10.1 Å². The third-order valence-corrected chi connectivity index (χ3v) is 4.69. The molecule has 0 amide bonds. The zero-order chi connectivity index (χ0) is 15.7. The normalized spacial score (nSPS) is 13.3. The van der Waals surface area contributed by atoms with Gasteiger partial charge in [0.05, 0.1) is 10.8 Å². The lowest BCUT2D eigenvalue weighted by atomic mass is 10.2. The summed E-state index contributed by atoms with van der Waals surface area (Å²) in [5.74, 6) is 0.784. The van der Waals surface area contributed by atoms with E-state index in [1.54, 1.807) is 49.4 Å². The Balaban J connectivity index is 2.11. The molecule has 0 bridgehead atoms. The number of fused-ring (bicyclic) bond motifs is 2. The Morgan fingerprint density at radius 1 is 1.14 bits per heavy atom. The van der Waals surface area contributed by atoms with Crippen molar-refractivity contribution in [1.82, 2.24) is 0 Å². The molecule has 0 aromatic heterocycles. The number of anilines is 2. The molecule has 3 rings (SSSR count).